The normalized spacial score (nSPS) is 13.0. The third-order valence-corrected chi connectivity index (χ3v) is 6.99. The molecule has 0 saturated heterocycles. The van der Waals surface area contributed by atoms with Gasteiger partial charge in [-0.3, -0.25) is 0 Å². The minimum atomic E-state index is -0.967. The Kier molecular flexibility index (Phi) is 4.51. The largest absolute Gasteiger partial charge is 0.427 e. The molecule has 137 valence electrons. The van der Waals surface area contributed by atoms with Crippen molar-refractivity contribution < 1.29 is 9.76 Å². The zero-order valence-electron chi connectivity index (χ0n) is 15.8. The van der Waals surface area contributed by atoms with Gasteiger partial charge in [0, 0.05) is 15.5 Å². The first-order valence-electron chi connectivity index (χ1n) is 8.94. The first-order valence-corrected chi connectivity index (χ1v) is 10.1. The number of fused-ring (bicyclic) bond motifs is 4. The molecule has 27 heavy (non-hydrogen) atoms. The van der Waals surface area contributed by atoms with E-state index in [4.69, 9.17) is 16.3 Å². The van der Waals surface area contributed by atoms with Crippen molar-refractivity contribution in [3.8, 4) is 0 Å². The van der Waals surface area contributed by atoms with E-state index in [0.29, 0.717) is 5.02 Å². The van der Waals surface area contributed by atoms with Crippen molar-refractivity contribution in [2.75, 3.05) is 0 Å². The molecule has 0 aliphatic heterocycles. The van der Waals surface area contributed by atoms with Gasteiger partial charge in [-0.2, -0.15) is 0 Å². The van der Waals surface area contributed by atoms with Gasteiger partial charge in [0.05, 0.1) is 20.9 Å². The van der Waals surface area contributed by atoms with Gasteiger partial charge in [0.15, 0.2) is 0 Å². The fourth-order valence-electron chi connectivity index (χ4n) is 2.97. The summed E-state index contributed by atoms with van der Waals surface area (Å²) in [5, 5.41) is 15.8. The van der Waals surface area contributed by atoms with E-state index in [-0.39, 0.29) is 0 Å². The molecule has 0 unspecified atom stereocenters. The molecule has 0 aliphatic rings. The molecule has 3 aromatic carbocycles. The SMILES string of the molecule is CC(C)(O)C(C)(C)O[B]c1cc(Cl)c2sc3cc4ccccc4cc3c2c1. The molecule has 1 N–H and O–H groups in total. The molecule has 4 rings (SSSR count). The number of hydrogen-bond donors (Lipinski definition) is 1. The van der Waals surface area contributed by atoms with Crippen LogP contribution in [0.5, 0.6) is 0 Å². The summed E-state index contributed by atoms with van der Waals surface area (Å²) < 4.78 is 8.22. The van der Waals surface area contributed by atoms with E-state index in [9.17, 15) is 5.11 Å². The lowest BCUT2D eigenvalue weighted by Gasteiger charge is -2.37. The van der Waals surface area contributed by atoms with Gasteiger partial charge in [0.1, 0.15) is 0 Å². The average molecular weight is 396 g/mol. The smallest absolute Gasteiger partial charge is 0.330 e. The summed E-state index contributed by atoms with van der Waals surface area (Å²) in [4.78, 5) is 0. The van der Waals surface area contributed by atoms with E-state index in [1.807, 2.05) is 19.9 Å². The molecule has 0 atom stereocenters. The molecule has 1 heterocycles. The highest BCUT2D eigenvalue weighted by Gasteiger charge is 2.35. The number of hydrogen-bond acceptors (Lipinski definition) is 3. The summed E-state index contributed by atoms with van der Waals surface area (Å²) in [6.07, 6.45) is 0. The lowest BCUT2D eigenvalue weighted by molar-refractivity contribution is -0.0893. The van der Waals surface area contributed by atoms with Gasteiger partial charge in [-0.25, -0.2) is 0 Å². The highest BCUT2D eigenvalue weighted by Crippen LogP contribution is 2.39. The minimum Gasteiger partial charge on any atom is -0.427 e. The Morgan fingerprint density at radius 1 is 0.963 bits per heavy atom. The maximum absolute atomic E-state index is 10.3. The summed E-state index contributed by atoms with van der Waals surface area (Å²) in [6.45, 7) is 7.23. The quantitative estimate of drug-likeness (QED) is 0.451. The van der Waals surface area contributed by atoms with Gasteiger partial charge in [0.25, 0.3) is 0 Å². The van der Waals surface area contributed by atoms with E-state index in [1.54, 1.807) is 32.7 Å². The predicted molar refractivity (Wildman–Crippen MR) is 119 cm³/mol. The molecular formula is C22H21BClO2S. The van der Waals surface area contributed by atoms with Crippen LogP contribution in [-0.2, 0) is 4.65 Å². The van der Waals surface area contributed by atoms with Crippen molar-refractivity contribution in [2.45, 2.75) is 38.9 Å². The molecule has 0 spiro atoms. The summed E-state index contributed by atoms with van der Waals surface area (Å²) in [5.41, 5.74) is -0.801. The third kappa shape index (κ3) is 3.36. The van der Waals surface area contributed by atoms with Crippen molar-refractivity contribution in [2.24, 2.45) is 0 Å². The maximum atomic E-state index is 10.3. The van der Waals surface area contributed by atoms with E-state index >= 15 is 0 Å². The van der Waals surface area contributed by atoms with Crippen molar-refractivity contribution >= 4 is 66.8 Å². The summed E-state index contributed by atoms with van der Waals surface area (Å²) in [6, 6.07) is 16.9. The fraction of sp³-hybridized carbons (Fsp3) is 0.273. The Hall–Kier alpha value is -1.59. The Labute approximate surface area is 169 Å². The molecule has 1 aromatic heterocycles. The topological polar surface area (TPSA) is 29.5 Å². The van der Waals surface area contributed by atoms with E-state index in [0.717, 1.165) is 15.5 Å². The summed E-state index contributed by atoms with van der Waals surface area (Å²) >= 11 is 8.30. The number of aliphatic hydroxyl groups is 1. The monoisotopic (exact) mass is 395 g/mol. The molecule has 0 amide bonds. The van der Waals surface area contributed by atoms with Crippen LogP contribution in [0.3, 0.4) is 0 Å². The zero-order chi connectivity index (χ0) is 19.4. The van der Waals surface area contributed by atoms with Crippen LogP contribution < -0.4 is 5.46 Å². The number of halogens is 1. The summed E-state index contributed by atoms with van der Waals surface area (Å²) in [7, 11) is 1.69. The highest BCUT2D eigenvalue weighted by atomic mass is 35.5. The Balaban J connectivity index is 1.80. The van der Waals surface area contributed by atoms with Crippen molar-refractivity contribution in [1.82, 2.24) is 0 Å². The average Bonchev–Trinajstić information content (AvgIpc) is 2.95. The second kappa shape index (κ2) is 6.49. The first-order chi connectivity index (χ1) is 12.7. The van der Waals surface area contributed by atoms with Crippen LogP contribution in [0.2, 0.25) is 5.02 Å². The molecule has 1 radical (unpaired) electrons. The second-order valence-corrected chi connectivity index (χ2v) is 9.44. The van der Waals surface area contributed by atoms with Gasteiger partial charge >= 0.3 is 7.48 Å². The van der Waals surface area contributed by atoms with Crippen LogP contribution in [0, 0.1) is 0 Å². The minimum absolute atomic E-state index is 0.716. The number of rotatable bonds is 4. The van der Waals surface area contributed by atoms with Crippen molar-refractivity contribution in [3.05, 3.63) is 53.6 Å². The fourth-order valence-corrected chi connectivity index (χ4v) is 4.43. The molecule has 0 saturated carbocycles. The first kappa shape index (κ1) is 18.8. The van der Waals surface area contributed by atoms with Crippen LogP contribution in [0.4, 0.5) is 0 Å². The molecule has 0 aliphatic carbocycles. The van der Waals surface area contributed by atoms with Gasteiger partial charge < -0.3 is 9.76 Å². The van der Waals surface area contributed by atoms with Crippen molar-refractivity contribution in [3.63, 3.8) is 0 Å². The number of thiophene rings is 1. The molecule has 0 fully saturated rings. The van der Waals surface area contributed by atoms with Crippen LogP contribution in [0.1, 0.15) is 27.7 Å². The Bertz CT molecular complexity index is 1160. The molecule has 5 heteroatoms. The van der Waals surface area contributed by atoms with Crippen LogP contribution in [0.15, 0.2) is 48.5 Å². The lowest BCUT2D eigenvalue weighted by Crippen LogP contribution is -2.49. The van der Waals surface area contributed by atoms with E-state index in [2.05, 4.69) is 42.5 Å². The highest BCUT2D eigenvalue weighted by molar-refractivity contribution is 7.26. The molecule has 4 aromatic rings. The maximum Gasteiger partial charge on any atom is 0.330 e. The van der Waals surface area contributed by atoms with Crippen LogP contribution >= 0.6 is 22.9 Å². The predicted octanol–water partition coefficient (Wildman–Crippen LogP) is 5.67. The standard InChI is InChI=1S/C22H21BClO2S/c1-21(2,25)22(3,4)26-23-15-11-17-16-9-13-7-5-6-8-14(13)10-19(16)27-20(17)18(24)12-15/h5-12,25H,1-4H3. The van der Waals surface area contributed by atoms with Crippen molar-refractivity contribution in [1.29, 1.82) is 0 Å². The van der Waals surface area contributed by atoms with Crippen LogP contribution in [-0.4, -0.2) is 23.8 Å². The molecular weight excluding hydrogens is 375 g/mol. The van der Waals surface area contributed by atoms with E-state index < -0.39 is 11.2 Å². The third-order valence-electron chi connectivity index (χ3n) is 5.38. The zero-order valence-corrected chi connectivity index (χ0v) is 17.4. The summed E-state index contributed by atoms with van der Waals surface area (Å²) in [5.74, 6) is 0. The van der Waals surface area contributed by atoms with Gasteiger partial charge in [-0.1, -0.05) is 47.4 Å². The molecule has 2 nitrogen and oxygen atoms in total. The van der Waals surface area contributed by atoms with Gasteiger partial charge in [0.2, 0.25) is 0 Å². The van der Waals surface area contributed by atoms with Gasteiger partial charge in [-0.05, 0) is 56.7 Å². The second-order valence-electron chi connectivity index (χ2n) is 7.98. The lowest BCUT2D eigenvalue weighted by atomic mass is 9.82. The Morgan fingerprint density at radius 3 is 2.30 bits per heavy atom. The van der Waals surface area contributed by atoms with E-state index in [1.165, 1.54) is 20.9 Å². The van der Waals surface area contributed by atoms with Crippen LogP contribution in [0.25, 0.3) is 30.9 Å². The van der Waals surface area contributed by atoms with Gasteiger partial charge in [-0.15, -0.1) is 11.3 Å². The Morgan fingerprint density at radius 2 is 1.63 bits per heavy atom. The molecule has 0 bridgehead atoms. The number of benzene rings is 3.